The summed E-state index contributed by atoms with van der Waals surface area (Å²) in [6.45, 7) is 5.08. The highest BCUT2D eigenvalue weighted by Crippen LogP contribution is 2.31. The Morgan fingerprint density at radius 1 is 1.40 bits per heavy atom. The summed E-state index contributed by atoms with van der Waals surface area (Å²) in [5.74, 6) is -0.168. The third-order valence-corrected chi connectivity index (χ3v) is 4.30. The number of aryl methyl sites for hydroxylation is 1. The molecule has 110 valence electrons. The van der Waals surface area contributed by atoms with Crippen LogP contribution in [0.1, 0.15) is 25.3 Å². The molecule has 1 saturated heterocycles. The first-order valence-electron chi connectivity index (χ1n) is 7.10. The Balaban J connectivity index is 2.24. The number of carbonyl (C=O) groups is 1. The van der Waals surface area contributed by atoms with Gasteiger partial charge in [0.1, 0.15) is 5.54 Å². The number of esters is 1. The van der Waals surface area contributed by atoms with Crippen LogP contribution in [0.25, 0.3) is 0 Å². The van der Waals surface area contributed by atoms with Gasteiger partial charge >= 0.3 is 5.97 Å². The van der Waals surface area contributed by atoms with Crippen molar-refractivity contribution in [1.82, 2.24) is 4.90 Å². The van der Waals surface area contributed by atoms with Crippen LogP contribution in [0.2, 0.25) is 0 Å². The number of piperidine rings is 1. The highest BCUT2D eigenvalue weighted by molar-refractivity contribution is 5.84. The van der Waals surface area contributed by atoms with E-state index in [4.69, 9.17) is 4.74 Å². The molecule has 2 atom stereocenters. The molecule has 0 aromatic heterocycles. The summed E-state index contributed by atoms with van der Waals surface area (Å²) in [6, 6.07) is 8.48. The minimum atomic E-state index is -0.615. The largest absolute Gasteiger partial charge is 0.467 e. The summed E-state index contributed by atoms with van der Waals surface area (Å²) in [5.41, 5.74) is 1.56. The van der Waals surface area contributed by atoms with Crippen LogP contribution in [0.4, 0.5) is 5.69 Å². The molecule has 1 aromatic carbocycles. The van der Waals surface area contributed by atoms with Crippen LogP contribution < -0.4 is 5.32 Å². The second kappa shape index (κ2) is 5.83. The zero-order valence-electron chi connectivity index (χ0n) is 12.8. The third kappa shape index (κ3) is 2.96. The quantitative estimate of drug-likeness (QED) is 0.861. The molecule has 0 bridgehead atoms. The molecule has 2 unspecified atom stereocenters. The highest BCUT2D eigenvalue weighted by Gasteiger charge is 2.44. The Hall–Kier alpha value is -1.55. The molecule has 0 aliphatic carbocycles. The zero-order chi connectivity index (χ0) is 14.8. The van der Waals surface area contributed by atoms with Crippen molar-refractivity contribution < 1.29 is 9.53 Å². The monoisotopic (exact) mass is 276 g/mol. The van der Waals surface area contributed by atoms with E-state index in [1.54, 1.807) is 0 Å². The number of methoxy groups -OCH3 is 1. The number of ether oxygens (including phenoxy) is 1. The van der Waals surface area contributed by atoms with Crippen LogP contribution in [-0.2, 0) is 9.53 Å². The van der Waals surface area contributed by atoms with E-state index in [1.165, 1.54) is 12.7 Å². The molecule has 1 N–H and O–H groups in total. The Labute approximate surface area is 121 Å². The maximum absolute atomic E-state index is 12.3. The van der Waals surface area contributed by atoms with Crippen LogP contribution in [0.15, 0.2) is 24.3 Å². The number of hydrogen-bond donors (Lipinski definition) is 1. The first-order chi connectivity index (χ1) is 9.47. The lowest BCUT2D eigenvalue weighted by atomic mass is 9.83. The summed E-state index contributed by atoms with van der Waals surface area (Å²) in [5, 5.41) is 3.42. The van der Waals surface area contributed by atoms with Crippen molar-refractivity contribution in [1.29, 1.82) is 0 Å². The van der Waals surface area contributed by atoms with E-state index >= 15 is 0 Å². The van der Waals surface area contributed by atoms with Crippen LogP contribution in [0.3, 0.4) is 0 Å². The van der Waals surface area contributed by atoms with Gasteiger partial charge in [-0.3, -0.25) is 0 Å². The van der Waals surface area contributed by atoms with Gasteiger partial charge in [0.05, 0.1) is 7.11 Å². The van der Waals surface area contributed by atoms with Gasteiger partial charge in [0.25, 0.3) is 0 Å². The minimum Gasteiger partial charge on any atom is -0.467 e. The summed E-state index contributed by atoms with van der Waals surface area (Å²) in [4.78, 5) is 14.6. The molecule has 1 aliphatic rings. The maximum atomic E-state index is 12.3. The first kappa shape index (κ1) is 14.9. The maximum Gasteiger partial charge on any atom is 0.331 e. The molecular weight excluding hydrogens is 252 g/mol. The van der Waals surface area contributed by atoms with Gasteiger partial charge in [-0.1, -0.05) is 17.7 Å². The van der Waals surface area contributed by atoms with E-state index in [2.05, 4.69) is 31.1 Å². The Morgan fingerprint density at radius 3 is 2.60 bits per heavy atom. The lowest BCUT2D eigenvalue weighted by molar-refractivity contribution is -0.148. The number of benzene rings is 1. The smallest absolute Gasteiger partial charge is 0.331 e. The van der Waals surface area contributed by atoms with Crippen molar-refractivity contribution in [3.63, 3.8) is 0 Å². The van der Waals surface area contributed by atoms with E-state index < -0.39 is 5.54 Å². The molecule has 0 saturated carbocycles. The lowest BCUT2D eigenvalue weighted by Crippen LogP contribution is -2.57. The van der Waals surface area contributed by atoms with E-state index in [9.17, 15) is 4.79 Å². The van der Waals surface area contributed by atoms with Gasteiger partial charge < -0.3 is 15.0 Å². The minimum absolute atomic E-state index is 0.168. The van der Waals surface area contributed by atoms with E-state index in [0.717, 1.165) is 25.1 Å². The van der Waals surface area contributed by atoms with Crippen molar-refractivity contribution in [2.75, 3.05) is 26.0 Å². The average molecular weight is 276 g/mol. The summed E-state index contributed by atoms with van der Waals surface area (Å²) in [7, 11) is 3.56. The molecule has 0 radical (unpaired) electrons. The van der Waals surface area contributed by atoms with Crippen molar-refractivity contribution in [2.24, 2.45) is 0 Å². The van der Waals surface area contributed by atoms with Crippen LogP contribution in [-0.4, -0.2) is 43.2 Å². The lowest BCUT2D eigenvalue weighted by Gasteiger charge is -2.43. The number of nitrogens with zero attached hydrogens (tertiary/aromatic N) is 1. The van der Waals surface area contributed by atoms with Crippen molar-refractivity contribution in [3.05, 3.63) is 29.8 Å². The Kier molecular flexibility index (Phi) is 4.33. The summed E-state index contributed by atoms with van der Waals surface area (Å²) >= 11 is 0. The molecule has 0 amide bonds. The second-order valence-electron chi connectivity index (χ2n) is 5.85. The number of hydrogen-bond acceptors (Lipinski definition) is 4. The number of nitrogens with one attached hydrogen (secondary N) is 1. The Morgan fingerprint density at radius 2 is 2.05 bits per heavy atom. The van der Waals surface area contributed by atoms with E-state index in [-0.39, 0.29) is 5.97 Å². The van der Waals surface area contributed by atoms with Crippen LogP contribution in [0, 0.1) is 6.92 Å². The summed E-state index contributed by atoms with van der Waals surface area (Å²) in [6.07, 6.45) is 1.51. The molecule has 4 nitrogen and oxygen atoms in total. The fraction of sp³-hybridized carbons (Fsp3) is 0.562. The number of anilines is 1. The average Bonchev–Trinajstić information content (AvgIpc) is 2.44. The van der Waals surface area contributed by atoms with Gasteiger partial charge in [0, 0.05) is 18.3 Å². The third-order valence-electron chi connectivity index (χ3n) is 4.30. The predicted octanol–water partition coefficient (Wildman–Crippen LogP) is 2.43. The van der Waals surface area contributed by atoms with Gasteiger partial charge in [0.2, 0.25) is 0 Å². The number of carbonyl (C=O) groups excluding carboxylic acids is 1. The van der Waals surface area contributed by atoms with Crippen molar-refractivity contribution in [3.8, 4) is 0 Å². The Bertz CT molecular complexity index is 472. The van der Waals surface area contributed by atoms with Crippen molar-refractivity contribution in [2.45, 2.75) is 38.3 Å². The standard InChI is InChI=1S/C16H24N2O2/c1-12-5-7-14(8-6-12)17-16(15(19)20-4)9-10-18(3)13(2)11-16/h5-8,13,17H,9-11H2,1-4H3. The molecule has 20 heavy (non-hydrogen) atoms. The van der Waals surface area contributed by atoms with E-state index in [0.29, 0.717) is 6.04 Å². The molecule has 1 aromatic rings. The summed E-state index contributed by atoms with van der Waals surface area (Å²) < 4.78 is 5.05. The number of likely N-dealkylation sites (tertiary alicyclic amines) is 1. The molecule has 1 aliphatic heterocycles. The van der Waals surface area contributed by atoms with Crippen LogP contribution in [0.5, 0.6) is 0 Å². The molecule has 1 heterocycles. The topological polar surface area (TPSA) is 41.6 Å². The molecule has 4 heteroatoms. The predicted molar refractivity (Wildman–Crippen MR) is 80.9 cm³/mol. The first-order valence-corrected chi connectivity index (χ1v) is 7.10. The molecular formula is C16H24N2O2. The van der Waals surface area contributed by atoms with Crippen molar-refractivity contribution >= 4 is 11.7 Å². The van der Waals surface area contributed by atoms with Gasteiger partial charge in [-0.25, -0.2) is 4.79 Å². The number of rotatable bonds is 3. The molecule has 1 fully saturated rings. The van der Waals surface area contributed by atoms with E-state index in [1.807, 2.05) is 24.3 Å². The highest BCUT2D eigenvalue weighted by atomic mass is 16.5. The second-order valence-corrected chi connectivity index (χ2v) is 5.85. The van der Waals surface area contributed by atoms with Gasteiger partial charge in [-0.2, -0.15) is 0 Å². The zero-order valence-corrected chi connectivity index (χ0v) is 12.8. The molecule has 2 rings (SSSR count). The SMILES string of the molecule is COC(=O)C1(Nc2ccc(C)cc2)CCN(C)C(C)C1. The van der Waals surface area contributed by atoms with Gasteiger partial charge in [-0.05, 0) is 45.9 Å². The molecule has 0 spiro atoms. The van der Waals surface area contributed by atoms with Gasteiger partial charge in [0.15, 0.2) is 0 Å². The fourth-order valence-corrected chi connectivity index (χ4v) is 2.81. The van der Waals surface area contributed by atoms with Crippen LogP contribution >= 0.6 is 0 Å². The normalized spacial score (nSPS) is 27.1. The fourth-order valence-electron chi connectivity index (χ4n) is 2.81. The van der Waals surface area contributed by atoms with Gasteiger partial charge in [-0.15, -0.1) is 0 Å².